The van der Waals surface area contributed by atoms with E-state index in [1.54, 1.807) is 12.1 Å². The van der Waals surface area contributed by atoms with Crippen LogP contribution in [0.1, 0.15) is 23.2 Å². The highest BCUT2D eigenvalue weighted by atomic mass is 35.5. The molecule has 2 heterocycles. The van der Waals surface area contributed by atoms with Gasteiger partial charge in [0.25, 0.3) is 5.91 Å². The van der Waals surface area contributed by atoms with E-state index < -0.39 is 0 Å². The molecule has 4 nitrogen and oxygen atoms in total. The monoisotopic (exact) mass is 301 g/mol. The number of piperidine rings is 1. The first-order valence-electron chi connectivity index (χ1n) is 6.35. The molecule has 1 aromatic heterocycles. The fourth-order valence-electron chi connectivity index (χ4n) is 2.35. The molecule has 1 aromatic rings. The summed E-state index contributed by atoms with van der Waals surface area (Å²) in [5.41, 5.74) is 0.371. The number of hydrogen-bond acceptors (Lipinski definition) is 3. The fourth-order valence-corrected chi connectivity index (χ4v) is 2.78. The van der Waals surface area contributed by atoms with Crippen LogP contribution in [0.25, 0.3) is 0 Å². The first kappa shape index (κ1) is 14.6. The summed E-state index contributed by atoms with van der Waals surface area (Å²) >= 11 is 11.6. The first-order valence-corrected chi connectivity index (χ1v) is 7.10. The van der Waals surface area contributed by atoms with Crippen LogP contribution in [0.3, 0.4) is 0 Å². The van der Waals surface area contributed by atoms with E-state index in [0.717, 1.165) is 19.5 Å². The normalized spacial score (nSPS) is 20.3. The summed E-state index contributed by atoms with van der Waals surface area (Å²) in [5.74, 6) is 0.309. The number of carbonyl (C=O) groups excluding carboxylic acids is 1. The predicted molar refractivity (Wildman–Crippen MR) is 76.8 cm³/mol. The Morgan fingerprint density at radius 3 is 3.00 bits per heavy atom. The van der Waals surface area contributed by atoms with Gasteiger partial charge in [0.15, 0.2) is 0 Å². The lowest BCUT2D eigenvalue weighted by molar-refractivity contribution is 0.0936. The molecule has 1 aliphatic heterocycles. The van der Waals surface area contributed by atoms with Gasteiger partial charge in [0.2, 0.25) is 0 Å². The average molecular weight is 302 g/mol. The van der Waals surface area contributed by atoms with Crippen molar-refractivity contribution in [2.24, 2.45) is 5.92 Å². The number of pyridine rings is 1. The minimum atomic E-state index is -0.192. The van der Waals surface area contributed by atoms with Crippen molar-refractivity contribution >= 4 is 29.1 Å². The van der Waals surface area contributed by atoms with Gasteiger partial charge in [-0.05, 0) is 44.5 Å². The number of likely N-dealkylation sites (tertiary alicyclic amines) is 1. The Labute approximate surface area is 123 Å². The quantitative estimate of drug-likeness (QED) is 0.872. The molecule has 19 heavy (non-hydrogen) atoms. The van der Waals surface area contributed by atoms with E-state index in [-0.39, 0.29) is 16.2 Å². The summed E-state index contributed by atoms with van der Waals surface area (Å²) in [6.07, 6.45) is 2.33. The molecule has 0 aliphatic carbocycles. The molecule has 1 saturated heterocycles. The van der Waals surface area contributed by atoms with E-state index in [9.17, 15) is 4.79 Å². The van der Waals surface area contributed by atoms with Crippen molar-refractivity contribution in [1.29, 1.82) is 0 Å². The minimum absolute atomic E-state index is 0.144. The molecule has 0 saturated carbocycles. The second-order valence-electron chi connectivity index (χ2n) is 4.95. The average Bonchev–Trinajstić information content (AvgIpc) is 2.36. The Kier molecular flexibility index (Phi) is 5.02. The van der Waals surface area contributed by atoms with Gasteiger partial charge in [0.05, 0.1) is 5.56 Å². The van der Waals surface area contributed by atoms with Gasteiger partial charge in [0, 0.05) is 13.1 Å². The lowest BCUT2D eigenvalue weighted by atomic mass is 9.98. The Bertz CT molecular complexity index is 467. The van der Waals surface area contributed by atoms with Crippen molar-refractivity contribution < 1.29 is 4.79 Å². The van der Waals surface area contributed by atoms with Crippen LogP contribution < -0.4 is 5.32 Å². The van der Waals surface area contributed by atoms with Crippen molar-refractivity contribution in [3.63, 3.8) is 0 Å². The van der Waals surface area contributed by atoms with Crippen molar-refractivity contribution in [1.82, 2.24) is 15.2 Å². The molecule has 1 aliphatic rings. The van der Waals surface area contributed by atoms with Gasteiger partial charge in [0.1, 0.15) is 10.3 Å². The number of aromatic nitrogens is 1. The highest BCUT2D eigenvalue weighted by Gasteiger charge is 2.19. The molecule has 1 fully saturated rings. The Hall–Kier alpha value is -0.840. The van der Waals surface area contributed by atoms with Crippen molar-refractivity contribution in [2.75, 3.05) is 26.7 Å². The number of nitrogens with zero attached hydrogens (tertiary/aromatic N) is 2. The lowest BCUT2D eigenvalue weighted by Crippen LogP contribution is -2.39. The van der Waals surface area contributed by atoms with Gasteiger partial charge in [-0.3, -0.25) is 4.79 Å². The lowest BCUT2D eigenvalue weighted by Gasteiger charge is -2.29. The molecular weight excluding hydrogens is 285 g/mol. The van der Waals surface area contributed by atoms with Crippen molar-refractivity contribution in [3.05, 3.63) is 28.0 Å². The predicted octanol–water partition coefficient (Wildman–Crippen LogP) is 2.46. The third-order valence-corrected chi connectivity index (χ3v) is 3.83. The molecule has 6 heteroatoms. The molecule has 2 rings (SSSR count). The zero-order valence-corrected chi connectivity index (χ0v) is 12.3. The molecule has 1 amide bonds. The van der Waals surface area contributed by atoms with Crippen molar-refractivity contribution in [3.8, 4) is 0 Å². The summed E-state index contributed by atoms with van der Waals surface area (Å²) in [5, 5.41) is 3.35. The highest BCUT2D eigenvalue weighted by molar-refractivity contribution is 6.34. The van der Waals surface area contributed by atoms with Crippen LogP contribution in [0.2, 0.25) is 10.3 Å². The summed E-state index contributed by atoms with van der Waals surface area (Å²) in [4.78, 5) is 18.2. The van der Waals surface area contributed by atoms with E-state index in [2.05, 4.69) is 22.2 Å². The molecule has 1 unspecified atom stereocenters. The minimum Gasteiger partial charge on any atom is -0.352 e. The maximum absolute atomic E-state index is 12.0. The summed E-state index contributed by atoms with van der Waals surface area (Å²) in [7, 11) is 2.11. The molecule has 104 valence electrons. The number of nitrogens with one attached hydrogen (secondary N) is 1. The van der Waals surface area contributed by atoms with Crippen LogP contribution in [0.5, 0.6) is 0 Å². The Morgan fingerprint density at radius 2 is 2.32 bits per heavy atom. The fraction of sp³-hybridized carbons (Fsp3) is 0.538. The third-order valence-electron chi connectivity index (χ3n) is 3.33. The van der Waals surface area contributed by atoms with E-state index in [0.29, 0.717) is 18.0 Å². The Morgan fingerprint density at radius 1 is 1.53 bits per heavy atom. The highest BCUT2D eigenvalue weighted by Crippen LogP contribution is 2.17. The maximum atomic E-state index is 12.0. The van der Waals surface area contributed by atoms with Gasteiger partial charge in [-0.15, -0.1) is 0 Å². The Balaban J connectivity index is 1.90. The van der Waals surface area contributed by atoms with E-state index in [1.807, 2.05) is 0 Å². The summed E-state index contributed by atoms with van der Waals surface area (Å²) in [6.45, 7) is 2.83. The number of rotatable bonds is 3. The molecule has 0 radical (unpaired) electrons. The first-order chi connectivity index (χ1) is 9.06. The summed E-state index contributed by atoms with van der Waals surface area (Å²) < 4.78 is 0. The molecule has 1 N–H and O–H groups in total. The zero-order chi connectivity index (χ0) is 13.8. The second-order valence-corrected chi connectivity index (χ2v) is 5.70. The second kappa shape index (κ2) is 6.55. The van der Waals surface area contributed by atoms with Crippen LogP contribution in [0, 0.1) is 5.92 Å². The van der Waals surface area contributed by atoms with E-state index in [4.69, 9.17) is 23.2 Å². The standard InChI is InChI=1S/C13H17Cl2N3O/c1-18-6-2-3-9(8-18)7-16-13(19)10-4-5-11(14)17-12(10)15/h4-5,9H,2-3,6-8H2,1H3,(H,16,19). The van der Waals surface area contributed by atoms with Crippen LogP contribution >= 0.6 is 23.2 Å². The van der Waals surface area contributed by atoms with Gasteiger partial charge < -0.3 is 10.2 Å². The molecular formula is C13H17Cl2N3O. The third kappa shape index (κ3) is 4.06. The SMILES string of the molecule is CN1CCCC(CNC(=O)c2ccc(Cl)nc2Cl)C1. The molecule has 0 bridgehead atoms. The topological polar surface area (TPSA) is 45.2 Å². The van der Waals surface area contributed by atoms with Gasteiger partial charge in [-0.2, -0.15) is 0 Å². The zero-order valence-electron chi connectivity index (χ0n) is 10.8. The van der Waals surface area contributed by atoms with Gasteiger partial charge in [-0.1, -0.05) is 23.2 Å². The van der Waals surface area contributed by atoms with Crippen LogP contribution in [0.15, 0.2) is 12.1 Å². The smallest absolute Gasteiger partial charge is 0.254 e. The largest absolute Gasteiger partial charge is 0.352 e. The number of halogens is 2. The van der Waals surface area contributed by atoms with Gasteiger partial charge in [-0.25, -0.2) is 4.98 Å². The van der Waals surface area contributed by atoms with Crippen LogP contribution in [-0.2, 0) is 0 Å². The summed E-state index contributed by atoms with van der Waals surface area (Å²) in [6, 6.07) is 3.16. The molecule has 0 spiro atoms. The van der Waals surface area contributed by atoms with E-state index >= 15 is 0 Å². The van der Waals surface area contributed by atoms with Crippen molar-refractivity contribution in [2.45, 2.75) is 12.8 Å². The maximum Gasteiger partial charge on any atom is 0.254 e. The molecule has 1 atom stereocenters. The van der Waals surface area contributed by atoms with Crippen LogP contribution in [-0.4, -0.2) is 42.5 Å². The van der Waals surface area contributed by atoms with Gasteiger partial charge >= 0.3 is 0 Å². The molecule has 0 aromatic carbocycles. The van der Waals surface area contributed by atoms with E-state index in [1.165, 1.54) is 6.42 Å². The number of hydrogen-bond donors (Lipinski definition) is 1. The van der Waals surface area contributed by atoms with Crippen LogP contribution in [0.4, 0.5) is 0 Å². The number of carbonyl (C=O) groups is 1. The number of amides is 1.